The zero-order valence-corrected chi connectivity index (χ0v) is 19.3. The van der Waals surface area contributed by atoms with Crippen LogP contribution in [0.4, 0.5) is 0 Å². The lowest BCUT2D eigenvalue weighted by Crippen LogP contribution is -2.13. The first kappa shape index (κ1) is 20.4. The monoisotopic (exact) mass is 498 g/mol. The Morgan fingerprint density at radius 1 is 1.34 bits per heavy atom. The van der Waals surface area contributed by atoms with E-state index in [0.717, 1.165) is 35.9 Å². The van der Waals surface area contributed by atoms with Gasteiger partial charge in [0.25, 0.3) is 5.56 Å². The van der Waals surface area contributed by atoms with Gasteiger partial charge in [-0.1, -0.05) is 6.92 Å². The fourth-order valence-electron chi connectivity index (χ4n) is 3.57. The summed E-state index contributed by atoms with van der Waals surface area (Å²) in [5, 5.41) is 0.684. The van der Waals surface area contributed by atoms with E-state index in [4.69, 9.17) is 8.92 Å². The van der Waals surface area contributed by atoms with E-state index in [-0.39, 0.29) is 17.1 Å². The van der Waals surface area contributed by atoms with Gasteiger partial charge in [0.2, 0.25) is 0 Å². The maximum Gasteiger partial charge on any atom is 0.306 e. The van der Waals surface area contributed by atoms with Crippen molar-refractivity contribution in [1.82, 2.24) is 9.97 Å². The molecule has 0 bridgehead atoms. The summed E-state index contributed by atoms with van der Waals surface area (Å²) in [6.07, 6.45) is 3.91. The molecule has 2 heterocycles. The lowest BCUT2D eigenvalue weighted by Gasteiger charge is -2.17. The Bertz CT molecular complexity index is 1280. The fraction of sp³-hybridized carbons (Fsp3) is 0.368. The van der Waals surface area contributed by atoms with Crippen LogP contribution in [0.1, 0.15) is 23.8 Å². The first-order valence-electron chi connectivity index (χ1n) is 8.98. The lowest BCUT2D eigenvalue weighted by molar-refractivity contribution is 0.390. The number of methoxy groups -OCH3 is 1. The zero-order chi connectivity index (χ0) is 20.9. The molecule has 3 aromatic rings. The van der Waals surface area contributed by atoms with Crippen LogP contribution in [0.15, 0.2) is 21.4 Å². The Kier molecular flexibility index (Phi) is 5.20. The van der Waals surface area contributed by atoms with E-state index < -0.39 is 10.1 Å². The van der Waals surface area contributed by atoms with Crippen LogP contribution in [-0.4, -0.2) is 31.8 Å². The van der Waals surface area contributed by atoms with E-state index in [1.54, 1.807) is 23.5 Å². The third kappa shape index (κ3) is 3.93. The van der Waals surface area contributed by atoms with Gasteiger partial charge in [-0.15, -0.1) is 11.3 Å². The summed E-state index contributed by atoms with van der Waals surface area (Å²) in [6, 6.07) is 3.23. The number of aromatic nitrogens is 2. The van der Waals surface area contributed by atoms with Crippen LogP contribution < -0.4 is 14.5 Å². The van der Waals surface area contributed by atoms with Crippen molar-refractivity contribution in [3.8, 4) is 22.9 Å². The normalized spacial score (nSPS) is 16.6. The molecule has 154 valence electrons. The summed E-state index contributed by atoms with van der Waals surface area (Å²) >= 11 is 4.90. The minimum Gasteiger partial charge on any atom is -0.493 e. The Morgan fingerprint density at radius 3 is 2.79 bits per heavy atom. The molecule has 1 aliphatic rings. The molecule has 0 aliphatic heterocycles. The molecule has 0 spiro atoms. The Balaban J connectivity index is 1.85. The smallest absolute Gasteiger partial charge is 0.306 e. The molecular formula is C19H19BrN2O5S2. The van der Waals surface area contributed by atoms with Crippen molar-refractivity contribution in [2.45, 2.75) is 26.2 Å². The third-order valence-corrected chi connectivity index (χ3v) is 7.11. The van der Waals surface area contributed by atoms with Crippen molar-refractivity contribution in [3.63, 3.8) is 0 Å². The molecule has 7 nitrogen and oxygen atoms in total. The second-order valence-electron chi connectivity index (χ2n) is 7.22. The average Bonchev–Trinajstić information content (AvgIpc) is 2.99. The van der Waals surface area contributed by atoms with E-state index in [2.05, 4.69) is 32.8 Å². The van der Waals surface area contributed by atoms with E-state index in [9.17, 15) is 13.2 Å². The molecule has 0 saturated carbocycles. The van der Waals surface area contributed by atoms with Crippen LogP contribution in [0.2, 0.25) is 0 Å². The summed E-state index contributed by atoms with van der Waals surface area (Å²) in [4.78, 5) is 22.4. The highest BCUT2D eigenvalue weighted by Crippen LogP contribution is 2.40. The summed E-state index contributed by atoms with van der Waals surface area (Å²) in [5.74, 6) is 1.25. The number of H-pyrrole nitrogens is 1. The largest absolute Gasteiger partial charge is 0.493 e. The number of hydrogen-bond acceptors (Lipinski definition) is 7. The third-order valence-electron chi connectivity index (χ3n) is 4.90. The molecular weight excluding hydrogens is 480 g/mol. The first-order valence-corrected chi connectivity index (χ1v) is 12.4. The van der Waals surface area contributed by atoms with Gasteiger partial charge >= 0.3 is 10.1 Å². The summed E-state index contributed by atoms with van der Waals surface area (Å²) in [7, 11) is -2.32. The molecule has 1 aromatic carbocycles. The van der Waals surface area contributed by atoms with Crippen LogP contribution in [-0.2, 0) is 23.0 Å². The number of aromatic amines is 1. The Morgan fingerprint density at radius 2 is 2.10 bits per heavy atom. The predicted molar refractivity (Wildman–Crippen MR) is 117 cm³/mol. The van der Waals surface area contributed by atoms with Gasteiger partial charge < -0.3 is 13.9 Å². The first-order chi connectivity index (χ1) is 13.7. The molecule has 29 heavy (non-hydrogen) atoms. The standard InChI is InChI=1S/C19H19BrN2O5S2/c1-9-4-5-11-14(6-9)28-19-15(11)18(23)21-17(22-19)10-7-12(20)16(13(8-10)26-2)27-29(3,24)25/h7-9H,4-6H2,1-3H3,(H,21,22,23)/t9-/m1/s1. The van der Waals surface area contributed by atoms with Crippen LogP contribution in [0.3, 0.4) is 0 Å². The number of thiophene rings is 1. The van der Waals surface area contributed by atoms with Gasteiger partial charge in [0.05, 0.1) is 23.2 Å². The molecule has 1 atom stereocenters. The second-order valence-corrected chi connectivity index (χ2v) is 10.7. The number of hydrogen-bond donors (Lipinski definition) is 1. The fourth-order valence-corrected chi connectivity index (χ4v) is 6.06. The minimum absolute atomic E-state index is 0.0442. The van der Waals surface area contributed by atoms with Gasteiger partial charge in [0, 0.05) is 10.4 Å². The number of fused-ring (bicyclic) bond motifs is 3. The summed E-state index contributed by atoms with van der Waals surface area (Å²) in [5.41, 5.74) is 1.54. The SMILES string of the molecule is COc1cc(-c2nc3sc4c(c3c(=O)[nH]2)CC[C@@H](C)C4)cc(Br)c1OS(C)(=O)=O. The summed E-state index contributed by atoms with van der Waals surface area (Å²) in [6.45, 7) is 2.22. The van der Waals surface area contributed by atoms with E-state index in [1.165, 1.54) is 12.0 Å². The van der Waals surface area contributed by atoms with E-state index in [1.807, 2.05) is 0 Å². The molecule has 2 aromatic heterocycles. The zero-order valence-electron chi connectivity index (χ0n) is 16.0. The number of rotatable bonds is 4. The van der Waals surface area contributed by atoms with Crippen molar-refractivity contribution >= 4 is 47.6 Å². The summed E-state index contributed by atoms with van der Waals surface area (Å²) < 4.78 is 33.7. The van der Waals surface area contributed by atoms with Crippen molar-refractivity contribution < 1.29 is 17.3 Å². The van der Waals surface area contributed by atoms with Crippen LogP contribution in [0.25, 0.3) is 21.6 Å². The van der Waals surface area contributed by atoms with Crippen LogP contribution in [0, 0.1) is 5.92 Å². The predicted octanol–water partition coefficient (Wildman–Crippen LogP) is 3.89. The number of aryl methyl sites for hydroxylation is 1. The van der Waals surface area contributed by atoms with Crippen LogP contribution >= 0.6 is 27.3 Å². The maximum atomic E-state index is 12.8. The molecule has 0 radical (unpaired) electrons. The molecule has 0 saturated heterocycles. The minimum atomic E-state index is -3.73. The second kappa shape index (κ2) is 7.41. The highest BCUT2D eigenvalue weighted by atomic mass is 79.9. The number of ether oxygens (including phenoxy) is 1. The molecule has 1 N–H and O–H groups in total. The molecule has 4 rings (SSSR count). The van der Waals surface area contributed by atoms with Gasteiger partial charge in [-0.25, -0.2) is 4.98 Å². The van der Waals surface area contributed by atoms with Gasteiger partial charge in [0.1, 0.15) is 10.7 Å². The van der Waals surface area contributed by atoms with Crippen molar-refractivity contribution in [3.05, 3.63) is 37.4 Å². The van der Waals surface area contributed by atoms with Crippen molar-refractivity contribution in [2.75, 3.05) is 13.4 Å². The number of nitrogens with zero attached hydrogens (tertiary/aromatic N) is 1. The van der Waals surface area contributed by atoms with Gasteiger partial charge in [-0.2, -0.15) is 8.42 Å². The topological polar surface area (TPSA) is 98.3 Å². The molecule has 10 heteroatoms. The van der Waals surface area contributed by atoms with Crippen molar-refractivity contribution in [2.24, 2.45) is 5.92 Å². The molecule has 0 unspecified atom stereocenters. The molecule has 1 aliphatic carbocycles. The van der Waals surface area contributed by atoms with Crippen LogP contribution in [0.5, 0.6) is 11.5 Å². The number of nitrogens with one attached hydrogen (secondary N) is 1. The van der Waals surface area contributed by atoms with Gasteiger partial charge in [0.15, 0.2) is 11.5 Å². The highest BCUT2D eigenvalue weighted by molar-refractivity contribution is 9.10. The Labute approximate surface area is 180 Å². The lowest BCUT2D eigenvalue weighted by atomic mass is 9.89. The number of benzene rings is 1. The Hall–Kier alpha value is -1.91. The van der Waals surface area contributed by atoms with Crippen molar-refractivity contribution in [1.29, 1.82) is 0 Å². The molecule has 0 fully saturated rings. The van der Waals surface area contributed by atoms with Gasteiger partial charge in [-0.05, 0) is 58.8 Å². The van der Waals surface area contributed by atoms with Gasteiger partial charge in [-0.3, -0.25) is 4.79 Å². The average molecular weight is 499 g/mol. The van der Waals surface area contributed by atoms with E-state index in [0.29, 0.717) is 27.2 Å². The quantitative estimate of drug-likeness (QED) is 0.547. The number of halogens is 1. The molecule has 0 amide bonds. The highest BCUT2D eigenvalue weighted by Gasteiger charge is 2.24. The maximum absolute atomic E-state index is 12.8. The van der Waals surface area contributed by atoms with E-state index >= 15 is 0 Å².